The zero-order valence-electron chi connectivity index (χ0n) is 22.5. The Morgan fingerprint density at radius 2 is 1.74 bits per heavy atom. The van der Waals surface area contributed by atoms with E-state index in [0.29, 0.717) is 11.3 Å². The summed E-state index contributed by atoms with van der Waals surface area (Å²) in [5, 5.41) is 33.4. The number of ketones is 2. The number of aliphatic hydroxyl groups excluding tert-OH is 2. The molecule has 12 heteroatoms. The molecule has 0 saturated carbocycles. The van der Waals surface area contributed by atoms with Crippen LogP contribution in [-0.2, 0) is 25.5 Å². The first kappa shape index (κ1) is 28.1. The zero-order valence-corrected chi connectivity index (χ0v) is 22.5. The second-order valence-electron chi connectivity index (χ2n) is 10.5. The molecule has 0 fully saturated rings. The Bertz CT molecular complexity index is 1330. The quantitative estimate of drug-likeness (QED) is 0.218. The molecule has 4 rings (SSSR count). The van der Waals surface area contributed by atoms with E-state index in [0.717, 1.165) is 0 Å². The van der Waals surface area contributed by atoms with Crippen LogP contribution in [-0.4, -0.2) is 98.2 Å². The van der Waals surface area contributed by atoms with Crippen LogP contribution in [0.5, 0.6) is 5.75 Å². The van der Waals surface area contributed by atoms with Crippen molar-refractivity contribution >= 4 is 29.1 Å². The van der Waals surface area contributed by atoms with Gasteiger partial charge in [-0.15, -0.1) is 0 Å². The number of allylic oxidation sites excluding steroid dienone is 2. The fourth-order valence-electron chi connectivity index (χ4n) is 6.17. The number of phenolic OH excluding ortho intramolecular Hbond substituents is 1. The average Bonchev–Trinajstić information content (AvgIpc) is 2.83. The van der Waals surface area contributed by atoms with Crippen molar-refractivity contribution < 1.29 is 44.0 Å². The fraction of sp³-hybridized carbons (Fsp3) is 0.481. The number of benzene rings is 1. The van der Waals surface area contributed by atoms with Crippen molar-refractivity contribution in [1.29, 1.82) is 0 Å². The molecule has 1 aromatic carbocycles. The number of Topliss-reactive ketones (excluding diaryl/α,β-unsaturated/α-hetero) is 2. The largest absolute Gasteiger partial charge is 0.511 e. The number of hydrogen-bond donors (Lipinski definition) is 4. The van der Waals surface area contributed by atoms with Crippen LogP contribution in [0, 0.1) is 17.8 Å². The van der Waals surface area contributed by atoms with Gasteiger partial charge in [0.25, 0.3) is 5.91 Å². The lowest BCUT2D eigenvalue weighted by Crippen LogP contribution is -2.53. The summed E-state index contributed by atoms with van der Waals surface area (Å²) in [5.74, 6) is -7.62. The highest BCUT2D eigenvalue weighted by atomic mass is 16.6. The molecule has 210 valence electrons. The summed E-state index contributed by atoms with van der Waals surface area (Å²) < 4.78 is 10.1. The molecule has 3 aliphatic rings. The molecule has 4 atom stereocenters. The van der Waals surface area contributed by atoms with Crippen LogP contribution in [0.4, 0.5) is 5.69 Å². The standard InChI is InChI=1S/C27H33N3O9/c1-29(2)15-10-14(27(37)39-7-6-38-5)21(31)17-12(15)8-11-9-13-18(23(33)16(11)22(17)32)24(34)19(26(28)36)25(35)20(13)30(3)4/h10-11,13,18,20,31,33,35H,6-9H2,1-5H3,(H2,28,36)/t11?,13?,18?,20-/m0/s1. The number of amides is 1. The molecule has 0 aliphatic heterocycles. The minimum atomic E-state index is -1.29. The number of nitrogens with zero attached hydrogens (tertiary/aromatic N) is 2. The average molecular weight is 544 g/mol. The first-order valence-corrected chi connectivity index (χ1v) is 12.5. The molecule has 0 radical (unpaired) electrons. The highest BCUT2D eigenvalue weighted by Gasteiger charge is 2.54. The third kappa shape index (κ3) is 4.43. The van der Waals surface area contributed by atoms with E-state index in [1.54, 1.807) is 38.0 Å². The lowest BCUT2D eigenvalue weighted by atomic mass is 9.60. The van der Waals surface area contributed by atoms with E-state index in [1.165, 1.54) is 13.2 Å². The number of rotatable bonds is 7. The van der Waals surface area contributed by atoms with Crippen LogP contribution in [0.15, 0.2) is 28.7 Å². The van der Waals surface area contributed by atoms with Crippen molar-refractivity contribution in [2.75, 3.05) is 53.4 Å². The number of carbonyl (C=O) groups excluding carboxylic acids is 4. The van der Waals surface area contributed by atoms with Crippen molar-refractivity contribution in [3.63, 3.8) is 0 Å². The van der Waals surface area contributed by atoms with Crippen LogP contribution < -0.4 is 10.6 Å². The van der Waals surface area contributed by atoms with Gasteiger partial charge >= 0.3 is 5.97 Å². The number of anilines is 1. The molecule has 0 heterocycles. The first-order chi connectivity index (χ1) is 18.3. The lowest BCUT2D eigenvalue weighted by molar-refractivity contribution is -0.127. The number of esters is 1. The van der Waals surface area contributed by atoms with E-state index in [1.807, 2.05) is 0 Å². The minimum absolute atomic E-state index is 0.0636. The number of aromatic hydroxyl groups is 1. The van der Waals surface area contributed by atoms with Crippen LogP contribution in [0.3, 0.4) is 0 Å². The molecule has 3 unspecified atom stereocenters. The van der Waals surface area contributed by atoms with Crippen molar-refractivity contribution in [3.8, 4) is 5.75 Å². The Hall–Kier alpha value is -3.90. The monoisotopic (exact) mass is 543 g/mol. The lowest BCUT2D eigenvalue weighted by Gasteiger charge is -2.46. The van der Waals surface area contributed by atoms with E-state index in [9.17, 15) is 34.5 Å². The van der Waals surface area contributed by atoms with Gasteiger partial charge in [0.15, 0.2) is 11.6 Å². The van der Waals surface area contributed by atoms with Gasteiger partial charge in [-0.3, -0.25) is 19.3 Å². The molecule has 1 aromatic rings. The molecule has 0 spiro atoms. The molecular weight excluding hydrogens is 510 g/mol. The third-order valence-electron chi connectivity index (χ3n) is 7.77. The highest BCUT2D eigenvalue weighted by Crippen LogP contribution is 2.51. The fourth-order valence-corrected chi connectivity index (χ4v) is 6.17. The van der Waals surface area contributed by atoms with Gasteiger partial charge in [0.2, 0.25) is 0 Å². The molecule has 3 aliphatic carbocycles. The Labute approximate surface area is 225 Å². The SMILES string of the molecule is COCCOC(=O)c1cc(N(C)C)c2c(c1O)C(=O)C1=C(O)C3C(=O)C(C(N)=O)=C(O)[C@@H](N(C)C)C3CC1C2. The van der Waals surface area contributed by atoms with E-state index >= 15 is 0 Å². The minimum Gasteiger partial charge on any atom is -0.511 e. The van der Waals surface area contributed by atoms with Crippen molar-refractivity contribution in [3.05, 3.63) is 45.4 Å². The van der Waals surface area contributed by atoms with Gasteiger partial charge in [-0.2, -0.15) is 0 Å². The number of aliphatic hydroxyl groups is 2. The molecule has 0 saturated heterocycles. The smallest absolute Gasteiger partial charge is 0.342 e. The summed E-state index contributed by atoms with van der Waals surface area (Å²) in [6.45, 7) is 0.0765. The van der Waals surface area contributed by atoms with Gasteiger partial charge in [-0.1, -0.05) is 0 Å². The van der Waals surface area contributed by atoms with Crippen LogP contribution >= 0.6 is 0 Å². The number of ether oxygens (including phenoxy) is 2. The van der Waals surface area contributed by atoms with Gasteiger partial charge < -0.3 is 35.4 Å². The molecule has 12 nitrogen and oxygen atoms in total. The van der Waals surface area contributed by atoms with Crippen molar-refractivity contribution in [1.82, 2.24) is 4.90 Å². The number of likely N-dealkylation sites (N-methyl/N-ethyl adjacent to an activating group) is 1. The van der Waals surface area contributed by atoms with E-state index in [4.69, 9.17) is 15.2 Å². The number of nitrogens with two attached hydrogens (primary N) is 1. The first-order valence-electron chi connectivity index (χ1n) is 12.5. The Balaban J connectivity index is 1.88. The summed E-state index contributed by atoms with van der Waals surface area (Å²) >= 11 is 0. The number of methoxy groups -OCH3 is 1. The molecule has 0 bridgehead atoms. The maximum absolute atomic E-state index is 13.9. The maximum atomic E-state index is 13.9. The van der Waals surface area contributed by atoms with Gasteiger partial charge in [0, 0.05) is 32.5 Å². The summed E-state index contributed by atoms with van der Waals surface area (Å²) in [4.78, 5) is 55.4. The van der Waals surface area contributed by atoms with Crippen molar-refractivity contribution in [2.24, 2.45) is 23.5 Å². The molecular formula is C27H33N3O9. The zero-order chi connectivity index (χ0) is 28.9. The van der Waals surface area contributed by atoms with Crippen LogP contribution in [0.2, 0.25) is 0 Å². The number of hydrogen-bond acceptors (Lipinski definition) is 11. The number of primary amides is 1. The van der Waals surface area contributed by atoms with E-state index < -0.39 is 70.1 Å². The summed E-state index contributed by atoms with van der Waals surface area (Å²) in [5.41, 5.74) is 5.35. The second kappa shape index (κ2) is 10.3. The summed E-state index contributed by atoms with van der Waals surface area (Å²) in [6.07, 6.45) is 0.444. The summed E-state index contributed by atoms with van der Waals surface area (Å²) in [7, 11) is 8.23. The molecule has 5 N–H and O–H groups in total. The predicted molar refractivity (Wildman–Crippen MR) is 139 cm³/mol. The normalized spacial score (nSPS) is 24.4. The maximum Gasteiger partial charge on any atom is 0.342 e. The Morgan fingerprint density at radius 3 is 2.31 bits per heavy atom. The van der Waals surface area contributed by atoms with Gasteiger partial charge in [0.1, 0.15) is 35.0 Å². The van der Waals surface area contributed by atoms with Crippen molar-refractivity contribution in [2.45, 2.75) is 18.9 Å². The van der Waals surface area contributed by atoms with E-state index in [-0.39, 0.29) is 42.8 Å². The summed E-state index contributed by atoms with van der Waals surface area (Å²) in [6, 6.07) is 0.651. The third-order valence-corrected chi connectivity index (χ3v) is 7.77. The van der Waals surface area contributed by atoms with Crippen LogP contribution in [0.1, 0.15) is 32.7 Å². The Kier molecular flexibility index (Phi) is 7.46. The molecule has 39 heavy (non-hydrogen) atoms. The predicted octanol–water partition coefficient (Wildman–Crippen LogP) is 0.875. The van der Waals surface area contributed by atoms with Crippen LogP contribution in [0.25, 0.3) is 0 Å². The molecule has 0 aromatic heterocycles. The van der Waals surface area contributed by atoms with Gasteiger partial charge in [-0.05, 0) is 50.4 Å². The second-order valence-corrected chi connectivity index (χ2v) is 10.5. The molecule has 1 amide bonds. The number of carbonyl (C=O) groups is 4. The highest BCUT2D eigenvalue weighted by molar-refractivity contribution is 6.22. The Morgan fingerprint density at radius 1 is 1.08 bits per heavy atom. The number of phenols is 1. The number of fused-ring (bicyclic) bond motifs is 3. The van der Waals surface area contributed by atoms with Gasteiger partial charge in [-0.25, -0.2) is 4.79 Å². The van der Waals surface area contributed by atoms with Gasteiger partial charge in [0.05, 0.1) is 24.1 Å². The topological polar surface area (TPSA) is 180 Å². The van der Waals surface area contributed by atoms with E-state index in [2.05, 4.69) is 0 Å².